The number of hydrogen-bond acceptors (Lipinski definition) is 2. The largest absolute Gasteiger partial charge is 0.327 e. The van der Waals surface area contributed by atoms with E-state index in [9.17, 15) is 4.39 Å². The van der Waals surface area contributed by atoms with Crippen LogP contribution in [-0.2, 0) is 13.0 Å². The first-order chi connectivity index (χ1) is 9.06. The summed E-state index contributed by atoms with van der Waals surface area (Å²) in [5.74, 6) is -0.187. The summed E-state index contributed by atoms with van der Waals surface area (Å²) in [6.07, 6.45) is 1.77. The van der Waals surface area contributed by atoms with Crippen LogP contribution >= 0.6 is 15.9 Å². The van der Waals surface area contributed by atoms with E-state index in [2.05, 4.69) is 25.5 Å². The average Bonchev–Trinajstić information content (AvgIpc) is 2.70. The van der Waals surface area contributed by atoms with Crippen molar-refractivity contribution in [3.05, 3.63) is 40.0 Å². The quantitative estimate of drug-likeness (QED) is 0.876. The van der Waals surface area contributed by atoms with Crippen LogP contribution in [0.4, 0.5) is 4.39 Å². The lowest BCUT2D eigenvalue weighted by atomic mass is 9.99. The van der Waals surface area contributed by atoms with Crippen LogP contribution in [0.25, 0.3) is 11.3 Å². The maximum absolute atomic E-state index is 13.4. The first-order valence-electron chi connectivity index (χ1n) is 6.33. The molecule has 1 atom stereocenters. The highest BCUT2D eigenvalue weighted by molar-refractivity contribution is 9.10. The maximum Gasteiger partial charge on any atom is 0.177 e. The number of aryl methyl sites for hydroxylation is 1. The van der Waals surface area contributed by atoms with Crippen LogP contribution in [0.1, 0.15) is 17.7 Å². The minimum absolute atomic E-state index is 0.177. The molecule has 0 amide bonds. The summed E-state index contributed by atoms with van der Waals surface area (Å²) in [5, 5.41) is 0. The van der Waals surface area contributed by atoms with Crippen LogP contribution in [0.3, 0.4) is 0 Å². The predicted octanol–water partition coefficient (Wildman–Crippen LogP) is 3.03. The summed E-state index contributed by atoms with van der Waals surface area (Å²) < 4.78 is 16.3. The zero-order valence-corrected chi connectivity index (χ0v) is 12.2. The third-order valence-electron chi connectivity index (χ3n) is 3.64. The molecule has 0 aliphatic carbocycles. The fraction of sp³-hybridized carbons (Fsp3) is 0.357. The van der Waals surface area contributed by atoms with E-state index in [4.69, 9.17) is 5.73 Å². The molecule has 3 nitrogen and oxygen atoms in total. The van der Waals surface area contributed by atoms with Crippen LogP contribution in [0.5, 0.6) is 0 Å². The molecule has 0 spiro atoms. The summed E-state index contributed by atoms with van der Waals surface area (Å²) >= 11 is 3.49. The van der Waals surface area contributed by atoms with E-state index in [0.29, 0.717) is 5.56 Å². The first-order valence-corrected chi connectivity index (χ1v) is 7.12. The Labute approximate surface area is 119 Å². The van der Waals surface area contributed by atoms with Crippen LogP contribution < -0.4 is 5.73 Å². The zero-order chi connectivity index (χ0) is 13.6. The number of hydrogen-bond donors (Lipinski definition) is 1. The number of rotatable bonds is 1. The highest BCUT2D eigenvalue weighted by Crippen LogP contribution is 2.31. The molecule has 5 heteroatoms. The molecule has 1 aliphatic heterocycles. The number of imidazole rings is 1. The molecule has 0 saturated heterocycles. The Hall–Kier alpha value is -1.20. The highest BCUT2D eigenvalue weighted by Gasteiger charge is 2.23. The molecular weight excluding hydrogens is 309 g/mol. The molecule has 1 aliphatic rings. The van der Waals surface area contributed by atoms with Crippen molar-refractivity contribution in [1.29, 1.82) is 0 Å². The van der Waals surface area contributed by atoms with Gasteiger partial charge in [-0.25, -0.2) is 9.37 Å². The van der Waals surface area contributed by atoms with Gasteiger partial charge in [0.15, 0.2) is 4.73 Å². The van der Waals surface area contributed by atoms with Crippen LogP contribution in [0.15, 0.2) is 22.9 Å². The van der Waals surface area contributed by atoms with E-state index in [-0.39, 0.29) is 11.9 Å². The van der Waals surface area contributed by atoms with Gasteiger partial charge >= 0.3 is 0 Å². The van der Waals surface area contributed by atoms with Gasteiger partial charge in [0.2, 0.25) is 0 Å². The zero-order valence-electron chi connectivity index (χ0n) is 10.7. The van der Waals surface area contributed by atoms with Crippen molar-refractivity contribution in [2.24, 2.45) is 5.73 Å². The smallest absolute Gasteiger partial charge is 0.177 e. The summed E-state index contributed by atoms with van der Waals surface area (Å²) in [5.41, 5.74) is 9.67. The van der Waals surface area contributed by atoms with Gasteiger partial charge in [0.25, 0.3) is 0 Å². The summed E-state index contributed by atoms with van der Waals surface area (Å²) in [6.45, 7) is 2.65. The third kappa shape index (κ3) is 2.21. The van der Waals surface area contributed by atoms with Gasteiger partial charge in [0, 0.05) is 30.3 Å². The molecule has 19 heavy (non-hydrogen) atoms. The van der Waals surface area contributed by atoms with E-state index in [0.717, 1.165) is 41.1 Å². The molecular formula is C14H15BrFN3. The Kier molecular flexibility index (Phi) is 3.19. The van der Waals surface area contributed by atoms with Crippen molar-refractivity contribution in [3.63, 3.8) is 0 Å². The van der Waals surface area contributed by atoms with E-state index in [1.807, 2.05) is 6.07 Å². The molecule has 2 heterocycles. The number of halogens is 2. The molecule has 3 rings (SSSR count). The van der Waals surface area contributed by atoms with Gasteiger partial charge in [0.05, 0.1) is 5.69 Å². The number of nitrogens with two attached hydrogens (primary N) is 1. The molecule has 0 radical (unpaired) electrons. The molecule has 0 fully saturated rings. The maximum atomic E-state index is 13.4. The molecule has 1 unspecified atom stereocenters. The fourth-order valence-electron chi connectivity index (χ4n) is 2.56. The normalized spacial score (nSPS) is 18.4. The number of nitrogens with zero attached hydrogens (tertiary/aromatic N) is 2. The van der Waals surface area contributed by atoms with E-state index < -0.39 is 0 Å². The van der Waals surface area contributed by atoms with E-state index in [1.165, 1.54) is 6.07 Å². The minimum atomic E-state index is -0.187. The minimum Gasteiger partial charge on any atom is -0.327 e. The predicted molar refractivity (Wildman–Crippen MR) is 76.4 cm³/mol. The number of aromatic nitrogens is 2. The second-order valence-electron chi connectivity index (χ2n) is 5.04. The van der Waals surface area contributed by atoms with E-state index >= 15 is 0 Å². The van der Waals surface area contributed by atoms with Gasteiger partial charge in [-0.05, 0) is 53.0 Å². The van der Waals surface area contributed by atoms with Crippen molar-refractivity contribution in [2.45, 2.75) is 32.4 Å². The third-order valence-corrected chi connectivity index (χ3v) is 4.24. The van der Waals surface area contributed by atoms with E-state index in [1.54, 1.807) is 13.0 Å². The summed E-state index contributed by atoms with van der Waals surface area (Å²) in [7, 11) is 0. The van der Waals surface area contributed by atoms with Crippen molar-refractivity contribution in [3.8, 4) is 11.3 Å². The lowest BCUT2D eigenvalue weighted by molar-refractivity contribution is 0.467. The van der Waals surface area contributed by atoms with Gasteiger partial charge < -0.3 is 10.3 Å². The lowest BCUT2D eigenvalue weighted by Crippen LogP contribution is -2.30. The second kappa shape index (κ2) is 4.72. The van der Waals surface area contributed by atoms with Crippen molar-refractivity contribution < 1.29 is 4.39 Å². The molecule has 1 aromatic carbocycles. The average molecular weight is 324 g/mol. The van der Waals surface area contributed by atoms with Crippen molar-refractivity contribution in [2.75, 3.05) is 0 Å². The molecule has 2 N–H and O–H groups in total. The molecule has 2 aromatic rings. The van der Waals surface area contributed by atoms with Crippen molar-refractivity contribution >= 4 is 15.9 Å². The molecule has 1 aromatic heterocycles. The van der Waals surface area contributed by atoms with Crippen LogP contribution in [0.2, 0.25) is 0 Å². The van der Waals surface area contributed by atoms with Crippen LogP contribution in [0, 0.1) is 12.7 Å². The molecule has 0 bridgehead atoms. The Bertz CT molecular complexity index is 636. The summed E-state index contributed by atoms with van der Waals surface area (Å²) in [4.78, 5) is 4.57. The van der Waals surface area contributed by atoms with Gasteiger partial charge in [-0.1, -0.05) is 0 Å². The molecule has 0 saturated carbocycles. The van der Waals surface area contributed by atoms with Gasteiger partial charge in [0.1, 0.15) is 5.82 Å². The van der Waals surface area contributed by atoms with Crippen molar-refractivity contribution in [1.82, 2.24) is 9.55 Å². The summed E-state index contributed by atoms with van der Waals surface area (Å²) in [6, 6.07) is 5.28. The topological polar surface area (TPSA) is 43.8 Å². The molecule has 100 valence electrons. The Morgan fingerprint density at radius 1 is 1.47 bits per heavy atom. The Morgan fingerprint density at radius 3 is 3.00 bits per heavy atom. The Balaban J connectivity index is 2.12. The highest BCUT2D eigenvalue weighted by atomic mass is 79.9. The SMILES string of the molecule is Cc1cc(-c2nc(Br)n3c2CC(N)CC3)ccc1F. The lowest BCUT2D eigenvalue weighted by Gasteiger charge is -2.21. The van der Waals surface area contributed by atoms with Gasteiger partial charge in [-0.2, -0.15) is 0 Å². The second-order valence-corrected chi connectivity index (χ2v) is 5.75. The van der Waals surface area contributed by atoms with Crippen LogP contribution in [-0.4, -0.2) is 15.6 Å². The Morgan fingerprint density at radius 2 is 2.26 bits per heavy atom. The van der Waals surface area contributed by atoms with Gasteiger partial charge in [-0.3, -0.25) is 0 Å². The number of fused-ring (bicyclic) bond motifs is 1. The monoisotopic (exact) mass is 323 g/mol. The standard InChI is InChI=1S/C14H15BrFN3/c1-8-6-9(2-3-11(8)16)13-12-7-10(17)4-5-19(12)14(15)18-13/h2-3,6,10H,4-5,7,17H2,1H3. The number of benzene rings is 1. The first kappa shape index (κ1) is 12.8. The van der Waals surface area contributed by atoms with Gasteiger partial charge in [-0.15, -0.1) is 0 Å². The fourth-order valence-corrected chi connectivity index (χ4v) is 3.13.